The average Bonchev–Trinajstić information content (AvgIpc) is 3.38. The van der Waals surface area contributed by atoms with Crippen LogP contribution in [0.3, 0.4) is 0 Å². The number of amides is 1. The standard InChI is InChI=1S/C20H24N6O4/c1-20(2,3)10-25-15-7-12(13-8-22-14(30-4)9-21-13)24-26(15)19(29)16(18(25)28)17(27)23-11-5-6-11/h7-9,11,29H,5-6,10H2,1-4H3,(H,23,27). The van der Waals surface area contributed by atoms with Gasteiger partial charge in [-0.25, -0.2) is 9.97 Å². The van der Waals surface area contributed by atoms with Crippen LogP contribution in [0.15, 0.2) is 23.3 Å². The highest BCUT2D eigenvalue weighted by atomic mass is 16.5. The minimum absolute atomic E-state index is 0.0471. The molecule has 1 aliphatic rings. The molecule has 30 heavy (non-hydrogen) atoms. The first kappa shape index (κ1) is 19.9. The second-order valence-corrected chi connectivity index (χ2v) is 8.64. The van der Waals surface area contributed by atoms with Crippen LogP contribution in [0.4, 0.5) is 0 Å². The molecule has 0 saturated heterocycles. The van der Waals surface area contributed by atoms with Crippen LogP contribution in [0.2, 0.25) is 0 Å². The molecule has 0 unspecified atom stereocenters. The Labute approximate surface area is 172 Å². The molecule has 2 N–H and O–H groups in total. The van der Waals surface area contributed by atoms with E-state index in [-0.39, 0.29) is 17.0 Å². The monoisotopic (exact) mass is 412 g/mol. The lowest BCUT2D eigenvalue weighted by Gasteiger charge is -2.21. The van der Waals surface area contributed by atoms with Gasteiger partial charge in [0.25, 0.3) is 11.5 Å². The van der Waals surface area contributed by atoms with Gasteiger partial charge in [-0.1, -0.05) is 20.8 Å². The predicted molar refractivity (Wildman–Crippen MR) is 109 cm³/mol. The Morgan fingerprint density at radius 2 is 2.00 bits per heavy atom. The lowest BCUT2D eigenvalue weighted by molar-refractivity contribution is 0.0944. The minimum Gasteiger partial charge on any atom is -0.492 e. The maximum atomic E-state index is 13.2. The summed E-state index contributed by atoms with van der Waals surface area (Å²) in [5, 5.41) is 17.9. The first-order valence-electron chi connectivity index (χ1n) is 9.71. The number of fused-ring (bicyclic) bond motifs is 1. The highest BCUT2D eigenvalue weighted by molar-refractivity contribution is 5.96. The number of rotatable bonds is 5. The number of hydrogen-bond donors (Lipinski definition) is 2. The molecule has 1 saturated carbocycles. The van der Waals surface area contributed by atoms with Crippen molar-refractivity contribution >= 4 is 11.6 Å². The summed E-state index contributed by atoms with van der Waals surface area (Å²) in [5.74, 6) is -0.731. The Bertz CT molecular complexity index is 1170. The quantitative estimate of drug-likeness (QED) is 0.652. The van der Waals surface area contributed by atoms with E-state index in [4.69, 9.17) is 4.74 Å². The van der Waals surface area contributed by atoms with Crippen molar-refractivity contribution in [3.63, 3.8) is 0 Å². The third-order valence-corrected chi connectivity index (χ3v) is 4.72. The Balaban J connectivity index is 1.90. The van der Waals surface area contributed by atoms with Gasteiger partial charge in [0.05, 0.1) is 19.5 Å². The Morgan fingerprint density at radius 3 is 2.57 bits per heavy atom. The number of aromatic nitrogens is 5. The van der Waals surface area contributed by atoms with Crippen molar-refractivity contribution in [3.8, 4) is 23.1 Å². The fourth-order valence-corrected chi connectivity index (χ4v) is 3.15. The summed E-state index contributed by atoms with van der Waals surface area (Å²) in [6, 6.07) is 1.69. The van der Waals surface area contributed by atoms with Gasteiger partial charge < -0.3 is 15.2 Å². The van der Waals surface area contributed by atoms with E-state index in [1.165, 1.54) is 28.6 Å². The SMILES string of the molecule is COc1cnc(-c2cc3n(CC(C)(C)C)c(=O)c(C(=O)NC4CC4)c(O)n3n2)cn1. The summed E-state index contributed by atoms with van der Waals surface area (Å²) >= 11 is 0. The van der Waals surface area contributed by atoms with Gasteiger partial charge in [-0.3, -0.25) is 14.2 Å². The summed E-state index contributed by atoms with van der Waals surface area (Å²) in [5.41, 5.74) is 0.0907. The maximum absolute atomic E-state index is 13.2. The molecular weight excluding hydrogens is 388 g/mol. The van der Waals surface area contributed by atoms with Crippen molar-refractivity contribution in [1.82, 2.24) is 29.5 Å². The van der Waals surface area contributed by atoms with Crippen LogP contribution >= 0.6 is 0 Å². The van der Waals surface area contributed by atoms with Crippen molar-refractivity contribution in [2.75, 3.05) is 7.11 Å². The first-order valence-corrected chi connectivity index (χ1v) is 9.71. The van der Waals surface area contributed by atoms with E-state index < -0.39 is 17.3 Å². The molecule has 0 aromatic carbocycles. The molecule has 4 rings (SSSR count). The third kappa shape index (κ3) is 3.72. The number of methoxy groups -OCH3 is 1. The van der Waals surface area contributed by atoms with E-state index in [0.717, 1.165) is 12.8 Å². The number of carbonyl (C=O) groups excluding carboxylic acids is 1. The van der Waals surface area contributed by atoms with Gasteiger partial charge in [-0.05, 0) is 18.3 Å². The van der Waals surface area contributed by atoms with Crippen molar-refractivity contribution in [2.45, 2.75) is 46.2 Å². The number of hydrogen-bond acceptors (Lipinski definition) is 7. The molecule has 158 valence electrons. The zero-order chi connectivity index (χ0) is 21.6. The van der Waals surface area contributed by atoms with Crippen LogP contribution in [-0.2, 0) is 6.54 Å². The van der Waals surface area contributed by atoms with Gasteiger partial charge in [-0.2, -0.15) is 9.61 Å². The van der Waals surface area contributed by atoms with Crippen LogP contribution in [0, 0.1) is 5.41 Å². The smallest absolute Gasteiger partial charge is 0.270 e. The van der Waals surface area contributed by atoms with Crippen LogP contribution in [0.1, 0.15) is 44.0 Å². The van der Waals surface area contributed by atoms with Crippen molar-refractivity contribution in [3.05, 3.63) is 34.4 Å². The Morgan fingerprint density at radius 1 is 1.27 bits per heavy atom. The van der Waals surface area contributed by atoms with Gasteiger partial charge in [0.1, 0.15) is 17.0 Å². The van der Waals surface area contributed by atoms with E-state index in [0.29, 0.717) is 29.5 Å². The molecule has 0 aliphatic heterocycles. The number of aromatic hydroxyl groups is 1. The van der Waals surface area contributed by atoms with Crippen LogP contribution in [0.25, 0.3) is 17.0 Å². The van der Waals surface area contributed by atoms with Crippen molar-refractivity contribution < 1.29 is 14.6 Å². The number of nitrogens with one attached hydrogen (secondary N) is 1. The van der Waals surface area contributed by atoms with Gasteiger partial charge in [0.15, 0.2) is 5.56 Å². The van der Waals surface area contributed by atoms with Gasteiger partial charge >= 0.3 is 0 Å². The van der Waals surface area contributed by atoms with Crippen LogP contribution in [0.5, 0.6) is 11.8 Å². The van der Waals surface area contributed by atoms with E-state index in [1.54, 1.807) is 6.07 Å². The van der Waals surface area contributed by atoms with Gasteiger partial charge in [-0.15, -0.1) is 0 Å². The number of ether oxygens (including phenoxy) is 1. The zero-order valence-electron chi connectivity index (χ0n) is 17.3. The topological polar surface area (TPSA) is 124 Å². The summed E-state index contributed by atoms with van der Waals surface area (Å²) in [4.78, 5) is 34.3. The third-order valence-electron chi connectivity index (χ3n) is 4.72. The molecule has 3 heterocycles. The van der Waals surface area contributed by atoms with Gasteiger partial charge in [0, 0.05) is 18.7 Å². The maximum Gasteiger partial charge on any atom is 0.270 e. The molecule has 10 nitrogen and oxygen atoms in total. The molecule has 0 bridgehead atoms. The Kier molecular flexibility index (Phi) is 4.71. The molecule has 3 aromatic heterocycles. The highest BCUT2D eigenvalue weighted by Gasteiger charge is 2.30. The zero-order valence-corrected chi connectivity index (χ0v) is 17.3. The summed E-state index contributed by atoms with van der Waals surface area (Å²) in [6.07, 6.45) is 4.68. The molecule has 0 atom stereocenters. The normalized spacial score (nSPS) is 14.1. The van der Waals surface area contributed by atoms with Gasteiger partial charge in [0.2, 0.25) is 11.8 Å². The van der Waals surface area contributed by atoms with E-state index in [1.807, 2.05) is 20.8 Å². The molecule has 0 radical (unpaired) electrons. The lowest BCUT2D eigenvalue weighted by Crippen LogP contribution is -2.37. The molecule has 3 aromatic rings. The predicted octanol–water partition coefficient (Wildman–Crippen LogP) is 1.61. The van der Waals surface area contributed by atoms with Crippen LogP contribution in [-0.4, -0.2) is 48.3 Å². The lowest BCUT2D eigenvalue weighted by atomic mass is 9.97. The second-order valence-electron chi connectivity index (χ2n) is 8.64. The molecule has 1 aliphatic carbocycles. The minimum atomic E-state index is -0.592. The summed E-state index contributed by atoms with van der Waals surface area (Å²) < 4.78 is 7.69. The molecule has 10 heteroatoms. The first-order chi connectivity index (χ1) is 14.2. The van der Waals surface area contributed by atoms with Crippen LogP contribution < -0.4 is 15.6 Å². The molecular formula is C20H24N6O4. The van der Waals surface area contributed by atoms with E-state index in [2.05, 4.69) is 20.4 Å². The van der Waals surface area contributed by atoms with E-state index in [9.17, 15) is 14.7 Å². The second kappa shape index (κ2) is 7.12. The summed E-state index contributed by atoms with van der Waals surface area (Å²) in [7, 11) is 1.49. The molecule has 0 spiro atoms. The van der Waals surface area contributed by atoms with E-state index >= 15 is 0 Å². The number of nitrogens with zero attached hydrogens (tertiary/aromatic N) is 5. The average molecular weight is 412 g/mol. The highest BCUT2D eigenvalue weighted by Crippen LogP contribution is 2.26. The number of carbonyl (C=O) groups is 1. The fraction of sp³-hybridized carbons (Fsp3) is 0.450. The summed E-state index contributed by atoms with van der Waals surface area (Å²) in [6.45, 7) is 6.29. The Hall–Kier alpha value is -3.43. The van der Waals surface area contributed by atoms with Crippen molar-refractivity contribution in [1.29, 1.82) is 0 Å². The fourth-order valence-electron chi connectivity index (χ4n) is 3.15. The molecule has 1 amide bonds. The molecule has 1 fully saturated rings. The van der Waals surface area contributed by atoms with Crippen molar-refractivity contribution in [2.24, 2.45) is 5.41 Å². The largest absolute Gasteiger partial charge is 0.492 e.